The Balaban J connectivity index is 2.00. The van der Waals surface area contributed by atoms with E-state index in [-0.39, 0.29) is 12.6 Å². The van der Waals surface area contributed by atoms with Gasteiger partial charge in [0.25, 0.3) is 0 Å². The smallest absolute Gasteiger partial charge is 0.0445 e. The van der Waals surface area contributed by atoms with Crippen molar-refractivity contribution in [3.05, 3.63) is 0 Å². The van der Waals surface area contributed by atoms with Crippen LogP contribution < -0.4 is 5.73 Å². The molecule has 3 rings (SSSR count). The van der Waals surface area contributed by atoms with Crippen molar-refractivity contribution < 1.29 is 5.11 Å². The van der Waals surface area contributed by atoms with Gasteiger partial charge in [-0.2, -0.15) is 0 Å². The van der Waals surface area contributed by atoms with Crippen molar-refractivity contribution in [2.75, 3.05) is 6.61 Å². The van der Waals surface area contributed by atoms with E-state index >= 15 is 0 Å². The van der Waals surface area contributed by atoms with Crippen LogP contribution in [0.25, 0.3) is 0 Å². The summed E-state index contributed by atoms with van der Waals surface area (Å²) in [4.78, 5) is 0. The van der Waals surface area contributed by atoms with Gasteiger partial charge in [0.05, 0.1) is 0 Å². The topological polar surface area (TPSA) is 46.2 Å². The molecule has 2 bridgehead atoms. The minimum absolute atomic E-state index is 0.227. The fourth-order valence-corrected chi connectivity index (χ4v) is 3.74. The van der Waals surface area contributed by atoms with Crippen LogP contribution >= 0.6 is 0 Å². The molecule has 0 saturated heterocycles. The second-order valence-corrected chi connectivity index (χ2v) is 5.78. The maximum atomic E-state index is 8.92. The van der Waals surface area contributed by atoms with Gasteiger partial charge in [-0.05, 0) is 48.9 Å². The molecule has 0 aliphatic heterocycles. The zero-order chi connectivity index (χ0) is 10.3. The van der Waals surface area contributed by atoms with Crippen LogP contribution in [0.2, 0.25) is 0 Å². The summed E-state index contributed by atoms with van der Waals surface area (Å²) in [6.45, 7) is 5.03. The molecule has 82 valence electrons. The lowest BCUT2D eigenvalue weighted by atomic mass is 9.44. The van der Waals surface area contributed by atoms with Crippen molar-refractivity contribution in [2.45, 2.75) is 45.6 Å². The lowest BCUT2D eigenvalue weighted by molar-refractivity contribution is -0.112. The Labute approximate surface area is 86.9 Å². The molecule has 3 aliphatic rings. The Morgan fingerprint density at radius 1 is 1.43 bits per heavy atom. The second kappa shape index (κ2) is 3.49. The fourth-order valence-electron chi connectivity index (χ4n) is 3.74. The van der Waals surface area contributed by atoms with Crippen LogP contribution in [0.15, 0.2) is 0 Å². The van der Waals surface area contributed by atoms with Crippen molar-refractivity contribution in [2.24, 2.45) is 28.9 Å². The Morgan fingerprint density at radius 3 is 2.64 bits per heavy atom. The lowest BCUT2D eigenvalue weighted by Crippen LogP contribution is -2.56. The van der Waals surface area contributed by atoms with Gasteiger partial charge in [-0.15, -0.1) is 0 Å². The number of hydrogen-bond acceptors (Lipinski definition) is 2. The Bertz CT molecular complexity index is 212. The van der Waals surface area contributed by atoms with Gasteiger partial charge in [0, 0.05) is 12.6 Å². The average Bonchev–Trinajstić information content (AvgIpc) is 2.18. The Morgan fingerprint density at radius 2 is 2.14 bits per heavy atom. The van der Waals surface area contributed by atoms with E-state index in [9.17, 15) is 0 Å². The van der Waals surface area contributed by atoms with Gasteiger partial charge < -0.3 is 10.8 Å². The van der Waals surface area contributed by atoms with Crippen LogP contribution in [0.3, 0.4) is 0 Å². The zero-order valence-corrected chi connectivity index (χ0v) is 9.37. The molecular formula is C12H23NO. The number of nitrogens with two attached hydrogens (primary N) is 1. The summed E-state index contributed by atoms with van der Waals surface area (Å²) < 4.78 is 0. The van der Waals surface area contributed by atoms with Crippen LogP contribution in [-0.2, 0) is 0 Å². The number of rotatable bonds is 3. The molecule has 0 spiro atoms. The molecule has 2 nitrogen and oxygen atoms in total. The number of aliphatic hydroxyl groups is 1. The molecule has 0 radical (unpaired) electrons. The first kappa shape index (κ1) is 10.4. The highest BCUT2D eigenvalue weighted by atomic mass is 16.3. The highest BCUT2D eigenvalue weighted by Gasteiger charge is 2.55. The number of aliphatic hydroxyl groups excluding tert-OH is 1. The Kier molecular flexibility index (Phi) is 2.61. The molecule has 0 aromatic heterocycles. The minimum atomic E-state index is 0.227. The fraction of sp³-hybridized carbons (Fsp3) is 1.00. The molecular weight excluding hydrogens is 174 g/mol. The van der Waals surface area contributed by atoms with E-state index in [4.69, 9.17) is 10.8 Å². The standard InChI is InChI=1S/C12H23NO/c1-12(2)8-3-4-9(10(12)7-8)11(13)5-6-14/h8-11,14H,3-7,13H2,1-2H3. The molecule has 14 heavy (non-hydrogen) atoms. The van der Waals surface area contributed by atoms with Crippen LogP contribution in [0.4, 0.5) is 0 Å². The molecule has 2 heteroatoms. The highest BCUT2D eigenvalue weighted by molar-refractivity contribution is 5.05. The number of fused-ring (bicyclic) bond motifs is 2. The van der Waals surface area contributed by atoms with Gasteiger partial charge in [0.2, 0.25) is 0 Å². The molecule has 3 fully saturated rings. The molecule has 0 amide bonds. The predicted octanol–water partition coefficient (Wildman–Crippen LogP) is 1.77. The summed E-state index contributed by atoms with van der Waals surface area (Å²) in [7, 11) is 0. The van der Waals surface area contributed by atoms with Crippen LogP contribution in [0.1, 0.15) is 39.5 Å². The SMILES string of the molecule is CC1(C)C2CCC(C(N)CCO)C1C2. The van der Waals surface area contributed by atoms with E-state index in [1.807, 2.05) is 0 Å². The third-order valence-corrected chi connectivity index (χ3v) is 4.92. The minimum Gasteiger partial charge on any atom is -0.396 e. The summed E-state index contributed by atoms with van der Waals surface area (Å²) in [5, 5.41) is 8.92. The van der Waals surface area contributed by atoms with Gasteiger partial charge in [-0.1, -0.05) is 13.8 Å². The van der Waals surface area contributed by atoms with Crippen LogP contribution in [0, 0.1) is 23.2 Å². The van der Waals surface area contributed by atoms with E-state index in [0.717, 1.165) is 18.3 Å². The summed E-state index contributed by atoms with van der Waals surface area (Å²) in [5.41, 5.74) is 6.66. The van der Waals surface area contributed by atoms with Crippen LogP contribution in [-0.4, -0.2) is 17.8 Å². The molecule has 0 heterocycles. The molecule has 3 aliphatic carbocycles. The summed E-state index contributed by atoms with van der Waals surface area (Å²) >= 11 is 0. The zero-order valence-electron chi connectivity index (χ0n) is 9.37. The van der Waals surface area contributed by atoms with E-state index in [1.54, 1.807) is 0 Å². The first-order valence-electron chi connectivity index (χ1n) is 5.93. The second-order valence-electron chi connectivity index (χ2n) is 5.78. The third kappa shape index (κ3) is 1.40. The van der Waals surface area contributed by atoms with Gasteiger partial charge in [0.15, 0.2) is 0 Å². The predicted molar refractivity (Wildman–Crippen MR) is 57.8 cm³/mol. The van der Waals surface area contributed by atoms with E-state index in [2.05, 4.69) is 13.8 Å². The van der Waals surface area contributed by atoms with Gasteiger partial charge in [0.1, 0.15) is 0 Å². The molecule has 4 atom stereocenters. The van der Waals surface area contributed by atoms with Crippen molar-refractivity contribution in [1.82, 2.24) is 0 Å². The highest BCUT2D eigenvalue weighted by Crippen LogP contribution is 2.61. The summed E-state index contributed by atoms with van der Waals surface area (Å²) in [6.07, 6.45) is 4.81. The largest absolute Gasteiger partial charge is 0.396 e. The molecule has 3 N–H and O–H groups in total. The third-order valence-electron chi connectivity index (χ3n) is 4.92. The molecule has 0 aromatic rings. The molecule has 3 saturated carbocycles. The van der Waals surface area contributed by atoms with Crippen LogP contribution in [0.5, 0.6) is 0 Å². The van der Waals surface area contributed by atoms with E-state index < -0.39 is 0 Å². The first-order chi connectivity index (χ1) is 6.57. The summed E-state index contributed by atoms with van der Waals surface area (Å²) in [6, 6.07) is 0.227. The van der Waals surface area contributed by atoms with Crippen molar-refractivity contribution >= 4 is 0 Å². The first-order valence-corrected chi connectivity index (χ1v) is 5.93. The maximum absolute atomic E-state index is 8.92. The van der Waals surface area contributed by atoms with Crippen molar-refractivity contribution in [3.8, 4) is 0 Å². The summed E-state index contributed by atoms with van der Waals surface area (Å²) in [5.74, 6) is 2.44. The molecule has 4 unspecified atom stereocenters. The monoisotopic (exact) mass is 197 g/mol. The normalized spacial score (nSPS) is 41.6. The lowest BCUT2D eigenvalue weighted by Gasteiger charge is -2.61. The van der Waals surface area contributed by atoms with Gasteiger partial charge >= 0.3 is 0 Å². The van der Waals surface area contributed by atoms with Crippen molar-refractivity contribution in [1.29, 1.82) is 0 Å². The number of hydrogen-bond donors (Lipinski definition) is 2. The van der Waals surface area contributed by atoms with Crippen molar-refractivity contribution in [3.63, 3.8) is 0 Å². The molecule has 0 aromatic carbocycles. The average molecular weight is 197 g/mol. The van der Waals surface area contributed by atoms with Gasteiger partial charge in [-0.3, -0.25) is 0 Å². The van der Waals surface area contributed by atoms with E-state index in [0.29, 0.717) is 11.3 Å². The Hall–Kier alpha value is -0.0800. The van der Waals surface area contributed by atoms with E-state index in [1.165, 1.54) is 19.3 Å². The quantitative estimate of drug-likeness (QED) is 0.724. The maximum Gasteiger partial charge on any atom is 0.0445 e. The van der Waals surface area contributed by atoms with Gasteiger partial charge in [-0.25, -0.2) is 0 Å².